The summed E-state index contributed by atoms with van der Waals surface area (Å²) in [7, 11) is 3.59. The van der Waals surface area contributed by atoms with E-state index in [1.807, 2.05) is 35.5 Å². The third kappa shape index (κ3) is 8.02. The molecule has 2 N–H and O–H groups in total. The van der Waals surface area contributed by atoms with E-state index in [1.165, 1.54) is 0 Å². The molecule has 0 aromatic rings. The molecule has 0 aromatic heterocycles. The number of alkyl halides is 2. The summed E-state index contributed by atoms with van der Waals surface area (Å²) >= 11 is 6.47. The van der Waals surface area contributed by atoms with Crippen LogP contribution >= 0.6 is 31.9 Å². The SMILES string of the molecule is BC(C)(C)C(=O)NCC(C)(C)CNC(=O)C(B)(Br)Br. The number of carbonyl (C=O) groups excluding carboxylic acids is 2. The van der Waals surface area contributed by atoms with Gasteiger partial charge in [-0.25, -0.2) is 0 Å². The van der Waals surface area contributed by atoms with Gasteiger partial charge in [-0.05, 0) is 5.41 Å². The summed E-state index contributed by atoms with van der Waals surface area (Å²) in [5.41, 5.74) is -0.207. The van der Waals surface area contributed by atoms with E-state index in [-0.39, 0.29) is 17.2 Å². The van der Waals surface area contributed by atoms with Crippen molar-refractivity contribution in [1.29, 1.82) is 0 Å². The van der Waals surface area contributed by atoms with E-state index in [4.69, 9.17) is 0 Å². The van der Waals surface area contributed by atoms with Crippen molar-refractivity contribution in [2.24, 2.45) is 5.41 Å². The monoisotopic (exact) mass is 394 g/mol. The van der Waals surface area contributed by atoms with Crippen LogP contribution in [0.5, 0.6) is 0 Å². The van der Waals surface area contributed by atoms with Crippen LogP contribution in [0.4, 0.5) is 0 Å². The highest BCUT2D eigenvalue weighted by Crippen LogP contribution is 2.22. The van der Waals surface area contributed by atoms with Gasteiger partial charge in [0.15, 0.2) is 0 Å². The van der Waals surface area contributed by atoms with Gasteiger partial charge in [-0.3, -0.25) is 9.59 Å². The highest BCUT2D eigenvalue weighted by atomic mass is 79.9. The first-order chi connectivity index (χ1) is 8.26. The molecule has 19 heavy (non-hydrogen) atoms. The van der Waals surface area contributed by atoms with Crippen molar-refractivity contribution < 1.29 is 9.59 Å². The molecular weight excluding hydrogens is 374 g/mol. The normalized spacial score (nSPS) is 12.9. The summed E-state index contributed by atoms with van der Waals surface area (Å²) < 4.78 is -0.759. The van der Waals surface area contributed by atoms with Crippen molar-refractivity contribution in [2.75, 3.05) is 13.1 Å². The Bertz CT molecular complexity index is 318. The minimum absolute atomic E-state index is 0.0118. The Morgan fingerprint density at radius 2 is 1.32 bits per heavy atom. The van der Waals surface area contributed by atoms with Crippen LogP contribution in [0.15, 0.2) is 0 Å². The molecule has 2 amide bonds. The molecule has 8 heteroatoms. The zero-order chi connectivity index (χ0) is 15.5. The van der Waals surface area contributed by atoms with E-state index in [9.17, 15) is 9.59 Å². The zero-order valence-electron chi connectivity index (χ0n) is 12.5. The van der Waals surface area contributed by atoms with E-state index in [0.717, 1.165) is 0 Å². The molecule has 0 saturated carbocycles. The van der Waals surface area contributed by atoms with Crippen LogP contribution in [0.1, 0.15) is 27.7 Å². The van der Waals surface area contributed by atoms with E-state index in [2.05, 4.69) is 42.5 Å². The fraction of sp³-hybridized carbons (Fsp3) is 0.818. The van der Waals surface area contributed by atoms with Crippen molar-refractivity contribution >= 4 is 59.4 Å². The molecule has 0 aliphatic rings. The lowest BCUT2D eigenvalue weighted by Crippen LogP contribution is -2.47. The average Bonchev–Trinajstić information content (AvgIpc) is 2.20. The summed E-state index contributed by atoms with van der Waals surface area (Å²) in [5, 5.41) is 5.35. The Morgan fingerprint density at radius 1 is 0.947 bits per heavy atom. The number of rotatable bonds is 6. The number of halogens is 2. The van der Waals surface area contributed by atoms with Gasteiger partial charge >= 0.3 is 0 Å². The molecule has 0 spiro atoms. The third-order valence-electron chi connectivity index (χ3n) is 2.53. The minimum atomic E-state index is -0.759. The standard InChI is InChI=1S/C11H22B2Br2N2O2/c1-9(2,5-16-7(18)10(3,4)12)6-17-8(19)11(13,14)15/h5-6,12-13H2,1-4H3,(H,16,18)(H,17,19). The maximum Gasteiger partial charge on any atom is 0.238 e. The molecule has 0 unspecified atom stereocenters. The highest BCUT2D eigenvalue weighted by molar-refractivity contribution is 9.26. The first-order valence-corrected chi connectivity index (χ1v) is 7.79. The van der Waals surface area contributed by atoms with Gasteiger partial charge in [0.1, 0.15) is 18.8 Å². The number of nitrogens with one attached hydrogen (secondary N) is 2. The van der Waals surface area contributed by atoms with Gasteiger partial charge in [-0.2, -0.15) is 0 Å². The molecule has 4 nitrogen and oxygen atoms in total. The van der Waals surface area contributed by atoms with Gasteiger partial charge in [-0.1, -0.05) is 59.6 Å². The van der Waals surface area contributed by atoms with Gasteiger partial charge in [0.05, 0.1) is 0 Å². The van der Waals surface area contributed by atoms with Gasteiger partial charge in [-0.15, -0.1) is 0 Å². The van der Waals surface area contributed by atoms with Crippen molar-refractivity contribution in [3.63, 3.8) is 0 Å². The summed E-state index contributed by atoms with van der Waals surface area (Å²) in [5.74, 6) is -0.125. The Kier molecular flexibility index (Phi) is 6.67. The predicted molar refractivity (Wildman–Crippen MR) is 91.5 cm³/mol. The van der Waals surface area contributed by atoms with Crippen LogP contribution in [0.2, 0.25) is 5.31 Å². The number of amides is 2. The molecule has 108 valence electrons. The predicted octanol–water partition coefficient (Wildman–Crippen LogP) is 0.153. The lowest BCUT2D eigenvalue weighted by molar-refractivity contribution is -0.123. The van der Waals surface area contributed by atoms with Gasteiger partial charge in [0, 0.05) is 18.4 Å². The second kappa shape index (κ2) is 6.66. The number of carbonyl (C=O) groups is 2. The van der Waals surface area contributed by atoms with Crippen LogP contribution in [-0.4, -0.2) is 43.7 Å². The van der Waals surface area contributed by atoms with Crippen molar-refractivity contribution in [2.45, 2.75) is 36.1 Å². The number of hydrogen-bond donors (Lipinski definition) is 2. The first-order valence-electron chi connectivity index (χ1n) is 6.20. The maximum absolute atomic E-state index is 11.8. The third-order valence-corrected chi connectivity index (χ3v) is 3.26. The van der Waals surface area contributed by atoms with Crippen LogP contribution in [0.3, 0.4) is 0 Å². The molecular formula is C11H22B2Br2N2O2. The molecule has 0 aliphatic heterocycles. The zero-order valence-corrected chi connectivity index (χ0v) is 15.7. The van der Waals surface area contributed by atoms with Gasteiger partial charge in [0.25, 0.3) is 0 Å². The van der Waals surface area contributed by atoms with Crippen molar-refractivity contribution in [3.05, 3.63) is 0 Å². The van der Waals surface area contributed by atoms with Crippen molar-refractivity contribution in [1.82, 2.24) is 10.6 Å². The van der Waals surface area contributed by atoms with E-state index >= 15 is 0 Å². The first kappa shape index (κ1) is 19.0. The molecule has 0 heterocycles. The summed E-state index contributed by atoms with van der Waals surface area (Å²) in [6.45, 7) is 8.75. The summed E-state index contributed by atoms with van der Waals surface area (Å²) in [4.78, 5) is 23.5. The van der Waals surface area contributed by atoms with E-state index in [1.54, 1.807) is 7.85 Å². The molecule has 0 radical (unpaired) electrons. The molecule has 0 saturated heterocycles. The average molecular weight is 396 g/mol. The lowest BCUT2D eigenvalue weighted by atomic mass is 9.71. The fourth-order valence-corrected chi connectivity index (χ4v) is 1.40. The Labute approximate surface area is 134 Å². The van der Waals surface area contributed by atoms with Crippen molar-refractivity contribution in [3.8, 4) is 0 Å². The quantitative estimate of drug-likeness (QED) is 0.497. The Morgan fingerprint density at radius 3 is 1.63 bits per heavy atom. The fourth-order valence-electron chi connectivity index (χ4n) is 1.12. The van der Waals surface area contributed by atoms with E-state index < -0.39 is 8.45 Å². The molecule has 0 fully saturated rings. The molecule has 0 aromatic carbocycles. The summed E-state index contributed by atoms with van der Waals surface area (Å²) in [6, 6.07) is 0. The largest absolute Gasteiger partial charge is 0.356 e. The highest BCUT2D eigenvalue weighted by Gasteiger charge is 2.29. The molecule has 0 bridgehead atoms. The van der Waals surface area contributed by atoms with Crippen LogP contribution in [0, 0.1) is 5.41 Å². The van der Waals surface area contributed by atoms with Crippen LogP contribution in [0.25, 0.3) is 0 Å². The summed E-state index contributed by atoms with van der Waals surface area (Å²) in [6.07, 6.45) is 0. The Balaban J connectivity index is 4.28. The van der Waals surface area contributed by atoms with Gasteiger partial charge < -0.3 is 10.6 Å². The molecule has 0 rings (SSSR count). The minimum Gasteiger partial charge on any atom is -0.356 e. The smallest absolute Gasteiger partial charge is 0.238 e. The van der Waals surface area contributed by atoms with Crippen LogP contribution in [-0.2, 0) is 9.59 Å². The molecule has 0 atom stereocenters. The number of hydrogen-bond acceptors (Lipinski definition) is 2. The van der Waals surface area contributed by atoms with E-state index in [0.29, 0.717) is 13.1 Å². The molecule has 0 aliphatic carbocycles. The maximum atomic E-state index is 11.8. The lowest BCUT2D eigenvalue weighted by Gasteiger charge is -2.28. The van der Waals surface area contributed by atoms with Crippen LogP contribution < -0.4 is 10.6 Å². The topological polar surface area (TPSA) is 58.2 Å². The Hall–Kier alpha value is 0.0299. The second-order valence-electron chi connectivity index (χ2n) is 6.67. The van der Waals surface area contributed by atoms with Gasteiger partial charge in [0.2, 0.25) is 11.8 Å². The second-order valence-corrected chi connectivity index (χ2v) is 10.9.